The molecule has 0 fully saturated rings. The van der Waals surface area contributed by atoms with E-state index in [1.807, 2.05) is 30.3 Å². The van der Waals surface area contributed by atoms with Crippen LogP contribution in [-0.4, -0.2) is 14.7 Å². The lowest BCUT2D eigenvalue weighted by atomic mass is 10.2. The molecule has 0 spiro atoms. The second kappa shape index (κ2) is 6.54. The van der Waals surface area contributed by atoms with Crippen molar-refractivity contribution in [2.75, 3.05) is 6.26 Å². The highest BCUT2D eigenvalue weighted by Crippen LogP contribution is 2.13. The van der Waals surface area contributed by atoms with Crippen molar-refractivity contribution in [3.8, 4) is 5.75 Å². The zero-order chi connectivity index (χ0) is 14.4. The minimum atomic E-state index is -3.45. The van der Waals surface area contributed by atoms with Crippen molar-refractivity contribution < 1.29 is 17.9 Å². The molecule has 20 heavy (non-hydrogen) atoms. The summed E-state index contributed by atoms with van der Waals surface area (Å²) >= 11 is 0. The van der Waals surface area contributed by atoms with Crippen LogP contribution >= 0.6 is 0 Å². The van der Waals surface area contributed by atoms with E-state index in [-0.39, 0.29) is 0 Å². The van der Waals surface area contributed by atoms with E-state index in [2.05, 4.69) is 17.4 Å². The third-order valence-corrected chi connectivity index (χ3v) is 3.27. The molecule has 4 nitrogen and oxygen atoms in total. The fraction of sp³-hybridized carbons (Fsp3) is 0.200. The van der Waals surface area contributed by atoms with Gasteiger partial charge in [0.15, 0.2) is 0 Å². The van der Waals surface area contributed by atoms with Crippen LogP contribution < -0.4 is 9.50 Å². The van der Waals surface area contributed by atoms with Crippen LogP contribution in [0.2, 0.25) is 0 Å². The normalized spacial score (nSPS) is 11.2. The highest BCUT2D eigenvalue weighted by molar-refractivity contribution is 7.86. The van der Waals surface area contributed by atoms with Gasteiger partial charge < -0.3 is 9.50 Å². The number of hydrogen-bond acceptors (Lipinski definition) is 3. The maximum atomic E-state index is 11.0. The summed E-state index contributed by atoms with van der Waals surface area (Å²) in [6.07, 6.45) is 1.04. The zero-order valence-corrected chi connectivity index (χ0v) is 12.1. The highest BCUT2D eigenvalue weighted by Gasteiger charge is 2.04. The Hall–Kier alpha value is -1.85. The summed E-state index contributed by atoms with van der Waals surface area (Å²) in [6.45, 7) is 1.76. The van der Waals surface area contributed by atoms with Gasteiger partial charge in [-0.15, -0.1) is 0 Å². The number of quaternary nitrogens is 1. The monoisotopic (exact) mass is 292 g/mol. The Morgan fingerprint density at radius 1 is 0.900 bits per heavy atom. The van der Waals surface area contributed by atoms with Gasteiger partial charge in [-0.05, 0) is 24.3 Å². The van der Waals surface area contributed by atoms with E-state index < -0.39 is 10.1 Å². The molecule has 0 saturated carbocycles. The van der Waals surface area contributed by atoms with Crippen LogP contribution in [0.1, 0.15) is 11.1 Å². The topological polar surface area (TPSA) is 60.0 Å². The molecular formula is C15H18NO3S+. The van der Waals surface area contributed by atoms with Crippen LogP contribution in [0.3, 0.4) is 0 Å². The molecule has 0 unspecified atom stereocenters. The quantitative estimate of drug-likeness (QED) is 0.816. The SMILES string of the molecule is CS(=O)(=O)Oc1ccc(C[NH2+]Cc2ccccc2)cc1. The molecule has 0 bridgehead atoms. The van der Waals surface area contributed by atoms with Crippen LogP contribution in [0.5, 0.6) is 5.75 Å². The second-order valence-electron chi connectivity index (χ2n) is 4.61. The Morgan fingerprint density at radius 2 is 1.45 bits per heavy atom. The first-order valence-electron chi connectivity index (χ1n) is 6.37. The fourth-order valence-electron chi connectivity index (χ4n) is 1.88. The first-order chi connectivity index (χ1) is 9.53. The molecule has 0 aliphatic heterocycles. The van der Waals surface area contributed by atoms with Crippen LogP contribution in [0.15, 0.2) is 54.6 Å². The lowest BCUT2D eigenvalue weighted by Gasteiger charge is -2.05. The minimum absolute atomic E-state index is 0.347. The van der Waals surface area contributed by atoms with Crippen molar-refractivity contribution in [1.29, 1.82) is 0 Å². The minimum Gasteiger partial charge on any atom is -0.383 e. The Kier molecular flexibility index (Phi) is 4.76. The number of rotatable bonds is 6. The highest BCUT2D eigenvalue weighted by atomic mass is 32.2. The van der Waals surface area contributed by atoms with Crippen LogP contribution in [0.25, 0.3) is 0 Å². The molecule has 0 heterocycles. The average Bonchev–Trinajstić information content (AvgIpc) is 2.40. The van der Waals surface area contributed by atoms with E-state index in [9.17, 15) is 8.42 Å². The van der Waals surface area contributed by atoms with Crippen molar-refractivity contribution >= 4 is 10.1 Å². The maximum Gasteiger partial charge on any atom is 0.306 e. The van der Waals surface area contributed by atoms with Crippen molar-refractivity contribution in [2.24, 2.45) is 0 Å². The molecule has 2 rings (SSSR count). The molecule has 0 aromatic heterocycles. The average molecular weight is 292 g/mol. The number of nitrogens with two attached hydrogens (primary N) is 1. The molecule has 0 radical (unpaired) electrons. The van der Waals surface area contributed by atoms with Gasteiger partial charge in [-0.2, -0.15) is 8.42 Å². The van der Waals surface area contributed by atoms with Crippen molar-refractivity contribution in [1.82, 2.24) is 0 Å². The maximum absolute atomic E-state index is 11.0. The predicted octanol–water partition coefficient (Wildman–Crippen LogP) is 1.29. The molecule has 2 aromatic rings. The molecule has 0 aliphatic rings. The fourth-order valence-corrected chi connectivity index (χ4v) is 2.34. The summed E-state index contributed by atoms with van der Waals surface area (Å²) in [7, 11) is -3.45. The van der Waals surface area contributed by atoms with Gasteiger partial charge in [-0.25, -0.2) is 0 Å². The molecule has 0 amide bonds. The van der Waals surface area contributed by atoms with E-state index >= 15 is 0 Å². The first-order valence-corrected chi connectivity index (χ1v) is 8.18. The Labute approximate surface area is 119 Å². The van der Waals surface area contributed by atoms with Gasteiger partial charge in [0.2, 0.25) is 0 Å². The third-order valence-electron chi connectivity index (χ3n) is 2.77. The Morgan fingerprint density at radius 3 is 2.00 bits per heavy atom. The second-order valence-corrected chi connectivity index (χ2v) is 6.19. The summed E-state index contributed by atoms with van der Waals surface area (Å²) in [6, 6.07) is 17.4. The third kappa shape index (κ3) is 5.03. The molecule has 0 saturated heterocycles. The van der Waals surface area contributed by atoms with E-state index in [0.29, 0.717) is 5.75 Å². The number of benzene rings is 2. The van der Waals surface area contributed by atoms with Crippen molar-refractivity contribution in [3.63, 3.8) is 0 Å². The molecule has 106 valence electrons. The van der Waals surface area contributed by atoms with E-state index in [4.69, 9.17) is 4.18 Å². The van der Waals surface area contributed by atoms with Gasteiger partial charge in [-0.3, -0.25) is 0 Å². The molecule has 2 N–H and O–H groups in total. The molecule has 0 atom stereocenters. The van der Waals surface area contributed by atoms with Gasteiger partial charge in [0.05, 0.1) is 6.26 Å². The summed E-state index contributed by atoms with van der Waals surface area (Å²) in [5, 5.41) is 2.20. The van der Waals surface area contributed by atoms with Crippen LogP contribution in [0.4, 0.5) is 0 Å². The molecule has 5 heteroatoms. The molecule has 2 aromatic carbocycles. The predicted molar refractivity (Wildman–Crippen MR) is 77.7 cm³/mol. The van der Waals surface area contributed by atoms with Crippen molar-refractivity contribution in [2.45, 2.75) is 13.1 Å². The van der Waals surface area contributed by atoms with E-state index in [0.717, 1.165) is 24.9 Å². The van der Waals surface area contributed by atoms with E-state index in [1.54, 1.807) is 12.1 Å². The summed E-state index contributed by atoms with van der Waals surface area (Å²) in [5.74, 6) is 0.347. The van der Waals surface area contributed by atoms with Gasteiger partial charge in [-0.1, -0.05) is 30.3 Å². The van der Waals surface area contributed by atoms with Gasteiger partial charge in [0, 0.05) is 11.1 Å². The largest absolute Gasteiger partial charge is 0.383 e. The van der Waals surface area contributed by atoms with Crippen LogP contribution in [0, 0.1) is 0 Å². The summed E-state index contributed by atoms with van der Waals surface area (Å²) in [4.78, 5) is 0. The number of hydrogen-bond donors (Lipinski definition) is 1. The Bertz CT molecular complexity index is 637. The standard InChI is InChI=1S/C15H17NO3S/c1-20(17,18)19-15-9-7-14(8-10-15)12-16-11-13-5-3-2-4-6-13/h2-10,16H,11-12H2,1H3/p+1. The summed E-state index contributed by atoms with van der Waals surface area (Å²) in [5.41, 5.74) is 2.41. The van der Waals surface area contributed by atoms with Gasteiger partial charge >= 0.3 is 10.1 Å². The Balaban J connectivity index is 1.85. The van der Waals surface area contributed by atoms with Gasteiger partial charge in [0.1, 0.15) is 18.8 Å². The lowest BCUT2D eigenvalue weighted by Crippen LogP contribution is -2.80. The van der Waals surface area contributed by atoms with Crippen LogP contribution in [-0.2, 0) is 23.2 Å². The first kappa shape index (κ1) is 14.6. The molecular weight excluding hydrogens is 274 g/mol. The smallest absolute Gasteiger partial charge is 0.306 e. The van der Waals surface area contributed by atoms with Crippen molar-refractivity contribution in [3.05, 3.63) is 65.7 Å². The van der Waals surface area contributed by atoms with E-state index in [1.165, 1.54) is 5.56 Å². The lowest BCUT2D eigenvalue weighted by molar-refractivity contribution is -0.686. The zero-order valence-electron chi connectivity index (χ0n) is 11.3. The van der Waals surface area contributed by atoms with Gasteiger partial charge in [0.25, 0.3) is 0 Å². The molecule has 0 aliphatic carbocycles. The summed E-state index contributed by atoms with van der Waals surface area (Å²) < 4.78 is 26.8.